The minimum atomic E-state index is -0.336. The molecular weight excluding hydrogens is 299 g/mol. The number of rotatable bonds is 5. The van der Waals surface area contributed by atoms with Crippen molar-refractivity contribution in [1.82, 2.24) is 10.6 Å². The van der Waals surface area contributed by atoms with E-state index >= 15 is 0 Å². The van der Waals surface area contributed by atoms with Crippen molar-refractivity contribution in [3.63, 3.8) is 0 Å². The van der Waals surface area contributed by atoms with Gasteiger partial charge in [-0.25, -0.2) is 4.39 Å². The summed E-state index contributed by atoms with van der Waals surface area (Å²) in [5.74, 6) is 0.936. The van der Waals surface area contributed by atoms with E-state index < -0.39 is 0 Å². The maximum atomic E-state index is 13.6. The van der Waals surface area contributed by atoms with Crippen LogP contribution in [0.1, 0.15) is 36.8 Å². The van der Waals surface area contributed by atoms with Gasteiger partial charge in [-0.05, 0) is 50.4 Å². The van der Waals surface area contributed by atoms with E-state index in [2.05, 4.69) is 10.6 Å². The largest absolute Gasteiger partial charge is 0.467 e. The van der Waals surface area contributed by atoms with Crippen molar-refractivity contribution in [1.29, 1.82) is 0 Å². The molecule has 2 N–H and O–H groups in total. The van der Waals surface area contributed by atoms with Gasteiger partial charge < -0.3 is 20.1 Å². The number of carbonyl (C=O) groups is 1. The maximum absolute atomic E-state index is 13.6. The molecule has 3 rings (SSSR count). The number of nitrogens with one attached hydrogen (secondary N) is 2. The number of hydrogen-bond donors (Lipinski definition) is 2. The molecule has 0 bridgehead atoms. The molecule has 23 heavy (non-hydrogen) atoms. The van der Waals surface area contributed by atoms with E-state index in [1.165, 1.54) is 12.1 Å². The fourth-order valence-electron chi connectivity index (χ4n) is 3.18. The van der Waals surface area contributed by atoms with Gasteiger partial charge in [-0.2, -0.15) is 0 Å². The number of hydrogen-bond acceptors (Lipinski definition) is 4. The average Bonchev–Trinajstić information content (AvgIpc) is 2.58. The predicted molar refractivity (Wildman–Crippen MR) is 83.4 cm³/mol. The maximum Gasteiger partial charge on any atom is 0.220 e. The van der Waals surface area contributed by atoms with Crippen molar-refractivity contribution in [2.75, 3.05) is 19.9 Å². The topological polar surface area (TPSA) is 59.6 Å². The number of piperidine rings is 1. The highest BCUT2D eigenvalue weighted by Gasteiger charge is 2.18. The zero-order valence-corrected chi connectivity index (χ0v) is 13.2. The van der Waals surface area contributed by atoms with Crippen LogP contribution in [0.15, 0.2) is 12.1 Å². The van der Waals surface area contributed by atoms with Gasteiger partial charge in [-0.1, -0.05) is 0 Å². The van der Waals surface area contributed by atoms with E-state index in [4.69, 9.17) is 9.47 Å². The van der Waals surface area contributed by atoms with Gasteiger partial charge >= 0.3 is 0 Å². The Kier molecular flexibility index (Phi) is 5.46. The van der Waals surface area contributed by atoms with Crippen LogP contribution in [0.5, 0.6) is 5.75 Å². The summed E-state index contributed by atoms with van der Waals surface area (Å²) in [7, 11) is 0. The summed E-state index contributed by atoms with van der Waals surface area (Å²) in [4.78, 5) is 12.0. The van der Waals surface area contributed by atoms with Gasteiger partial charge in [0.05, 0.1) is 6.61 Å². The van der Waals surface area contributed by atoms with Crippen LogP contribution in [0.2, 0.25) is 0 Å². The molecule has 6 heteroatoms. The number of benzene rings is 1. The first-order valence-corrected chi connectivity index (χ1v) is 8.21. The predicted octanol–water partition coefficient (Wildman–Crippen LogP) is 2.09. The van der Waals surface area contributed by atoms with Crippen molar-refractivity contribution in [3.05, 3.63) is 29.1 Å². The van der Waals surface area contributed by atoms with Gasteiger partial charge in [-0.3, -0.25) is 4.79 Å². The van der Waals surface area contributed by atoms with Crippen LogP contribution < -0.4 is 15.4 Å². The molecule has 0 saturated carbocycles. The molecule has 1 fully saturated rings. The molecule has 0 aliphatic carbocycles. The standard InChI is InChI=1S/C17H23FN2O3/c18-15-7-13(17-14(8-15)10-22-11-23-17)9-20-16(21)2-1-12-3-5-19-6-4-12/h7-8,12,19H,1-6,9-11H2,(H,20,21). The van der Waals surface area contributed by atoms with Gasteiger partial charge in [0.15, 0.2) is 6.79 Å². The molecule has 2 aliphatic rings. The third-order valence-electron chi connectivity index (χ3n) is 4.47. The van der Waals surface area contributed by atoms with Crippen molar-refractivity contribution in [2.45, 2.75) is 38.8 Å². The summed E-state index contributed by atoms with van der Waals surface area (Å²) in [6.45, 7) is 2.87. The van der Waals surface area contributed by atoms with Crippen molar-refractivity contribution >= 4 is 5.91 Å². The van der Waals surface area contributed by atoms with Gasteiger partial charge in [0.25, 0.3) is 0 Å². The highest BCUT2D eigenvalue weighted by Crippen LogP contribution is 2.29. The van der Waals surface area contributed by atoms with E-state index in [0.717, 1.165) is 32.4 Å². The Morgan fingerprint density at radius 2 is 2.17 bits per heavy atom. The first-order chi connectivity index (χ1) is 11.2. The first kappa shape index (κ1) is 16.2. The molecule has 2 aliphatic heterocycles. The zero-order chi connectivity index (χ0) is 16.1. The molecule has 1 saturated heterocycles. The lowest BCUT2D eigenvalue weighted by Crippen LogP contribution is -2.29. The highest BCUT2D eigenvalue weighted by atomic mass is 19.1. The molecule has 2 heterocycles. The lowest BCUT2D eigenvalue weighted by molar-refractivity contribution is -0.121. The average molecular weight is 322 g/mol. The molecular formula is C17H23FN2O3. The summed E-state index contributed by atoms with van der Waals surface area (Å²) < 4.78 is 24.2. The minimum absolute atomic E-state index is 0.00797. The SMILES string of the molecule is O=C(CCC1CCNCC1)NCc1cc(F)cc2c1OCOC2. The first-order valence-electron chi connectivity index (χ1n) is 8.21. The molecule has 126 valence electrons. The second-order valence-electron chi connectivity index (χ2n) is 6.17. The summed E-state index contributed by atoms with van der Waals surface area (Å²) in [6.07, 6.45) is 3.71. The Balaban J connectivity index is 1.51. The van der Waals surface area contributed by atoms with Crippen LogP contribution in [0, 0.1) is 11.7 Å². The van der Waals surface area contributed by atoms with Crippen LogP contribution in [0.25, 0.3) is 0 Å². The summed E-state index contributed by atoms with van der Waals surface area (Å²) in [5.41, 5.74) is 1.36. The van der Waals surface area contributed by atoms with Crippen molar-refractivity contribution in [2.24, 2.45) is 5.92 Å². The molecule has 5 nitrogen and oxygen atoms in total. The van der Waals surface area contributed by atoms with E-state index in [1.54, 1.807) is 0 Å². The molecule has 0 aromatic heterocycles. The van der Waals surface area contributed by atoms with E-state index in [0.29, 0.717) is 35.8 Å². The van der Waals surface area contributed by atoms with Gasteiger partial charge in [0.1, 0.15) is 11.6 Å². The molecule has 0 radical (unpaired) electrons. The third-order valence-corrected chi connectivity index (χ3v) is 4.47. The second-order valence-corrected chi connectivity index (χ2v) is 6.17. The van der Waals surface area contributed by atoms with E-state index in [1.807, 2.05) is 0 Å². The summed E-state index contributed by atoms with van der Waals surface area (Å²) >= 11 is 0. The summed E-state index contributed by atoms with van der Waals surface area (Å²) in [5, 5.41) is 6.20. The normalized spacial score (nSPS) is 18.1. The molecule has 1 aromatic rings. The Morgan fingerprint density at radius 1 is 1.35 bits per heavy atom. The zero-order valence-electron chi connectivity index (χ0n) is 13.2. The quantitative estimate of drug-likeness (QED) is 0.871. The Labute approximate surface area is 135 Å². The Bertz CT molecular complexity index is 559. The van der Waals surface area contributed by atoms with Gasteiger partial charge in [0, 0.05) is 24.1 Å². The lowest BCUT2D eigenvalue weighted by atomic mass is 9.93. The van der Waals surface area contributed by atoms with Crippen LogP contribution >= 0.6 is 0 Å². The van der Waals surface area contributed by atoms with Gasteiger partial charge in [0.2, 0.25) is 5.91 Å². The van der Waals surface area contributed by atoms with Crippen molar-refractivity contribution in [3.8, 4) is 5.75 Å². The number of ether oxygens (including phenoxy) is 2. The fourth-order valence-corrected chi connectivity index (χ4v) is 3.18. The number of amides is 1. The monoisotopic (exact) mass is 322 g/mol. The highest BCUT2D eigenvalue weighted by molar-refractivity contribution is 5.76. The summed E-state index contributed by atoms with van der Waals surface area (Å²) in [6, 6.07) is 2.83. The molecule has 0 unspecified atom stereocenters. The molecule has 1 amide bonds. The van der Waals surface area contributed by atoms with Crippen LogP contribution in [-0.4, -0.2) is 25.8 Å². The fraction of sp³-hybridized carbons (Fsp3) is 0.588. The minimum Gasteiger partial charge on any atom is -0.467 e. The van der Waals surface area contributed by atoms with Crippen molar-refractivity contribution < 1.29 is 18.7 Å². The lowest BCUT2D eigenvalue weighted by Gasteiger charge is -2.22. The number of carbonyl (C=O) groups excluding carboxylic acids is 1. The Morgan fingerprint density at radius 3 is 3.00 bits per heavy atom. The number of halogens is 1. The smallest absolute Gasteiger partial charge is 0.220 e. The number of fused-ring (bicyclic) bond motifs is 1. The van der Waals surface area contributed by atoms with Crippen LogP contribution in [0.3, 0.4) is 0 Å². The Hall–Kier alpha value is -1.66. The molecule has 0 atom stereocenters. The van der Waals surface area contributed by atoms with Crippen LogP contribution in [0.4, 0.5) is 4.39 Å². The molecule has 0 spiro atoms. The molecule has 1 aromatic carbocycles. The second kappa shape index (κ2) is 7.75. The van der Waals surface area contributed by atoms with Crippen LogP contribution in [-0.2, 0) is 22.7 Å². The van der Waals surface area contributed by atoms with E-state index in [-0.39, 0.29) is 25.1 Å². The van der Waals surface area contributed by atoms with Gasteiger partial charge in [-0.15, -0.1) is 0 Å². The van der Waals surface area contributed by atoms with E-state index in [9.17, 15) is 9.18 Å². The third kappa shape index (κ3) is 4.42.